The van der Waals surface area contributed by atoms with Crippen LogP contribution in [0.4, 0.5) is 0 Å². The van der Waals surface area contributed by atoms with E-state index in [0.717, 1.165) is 26.9 Å². The summed E-state index contributed by atoms with van der Waals surface area (Å²) in [7, 11) is 0. The highest BCUT2D eigenvalue weighted by Crippen LogP contribution is 2.25. The lowest BCUT2D eigenvalue weighted by Gasteiger charge is -2.23. The van der Waals surface area contributed by atoms with Gasteiger partial charge in [0.25, 0.3) is 5.56 Å². The van der Waals surface area contributed by atoms with Gasteiger partial charge in [-0.3, -0.25) is 14.2 Å². The van der Waals surface area contributed by atoms with Gasteiger partial charge in [0.2, 0.25) is 5.91 Å². The summed E-state index contributed by atoms with van der Waals surface area (Å²) in [6, 6.07) is 33.2. The molecule has 0 aliphatic carbocycles. The van der Waals surface area contributed by atoms with Crippen LogP contribution >= 0.6 is 27.7 Å². The maximum Gasteiger partial charge on any atom is 0.266 e. The normalized spacial score (nSPS) is 11.0. The third kappa shape index (κ3) is 5.90. The Kier molecular flexibility index (Phi) is 8.05. The van der Waals surface area contributed by atoms with Gasteiger partial charge in [-0.2, -0.15) is 0 Å². The van der Waals surface area contributed by atoms with E-state index in [1.54, 1.807) is 10.6 Å². The molecule has 1 heterocycles. The average molecular weight is 585 g/mol. The number of rotatable bonds is 8. The number of hydrogen-bond acceptors (Lipinski definition) is 4. The SMILES string of the molecule is Cc1ccccc1-n1c(SCC(=O)N(Cc2ccccc2)Cc2ccccc2)nc2ccc(Br)cc2c1=O. The lowest BCUT2D eigenvalue weighted by atomic mass is 10.1. The molecule has 0 N–H and O–H groups in total. The molecule has 0 aliphatic heterocycles. The fraction of sp³-hybridized carbons (Fsp3) is 0.129. The number of hydrogen-bond donors (Lipinski definition) is 0. The molecule has 0 bridgehead atoms. The van der Waals surface area contributed by atoms with Gasteiger partial charge in [0.15, 0.2) is 5.16 Å². The van der Waals surface area contributed by atoms with Gasteiger partial charge in [0, 0.05) is 17.6 Å². The first-order valence-corrected chi connectivity index (χ1v) is 14.0. The van der Waals surface area contributed by atoms with Crippen molar-refractivity contribution in [1.82, 2.24) is 14.5 Å². The van der Waals surface area contributed by atoms with Crippen LogP contribution < -0.4 is 5.56 Å². The van der Waals surface area contributed by atoms with E-state index in [4.69, 9.17) is 4.98 Å². The van der Waals surface area contributed by atoms with Crippen LogP contribution in [-0.2, 0) is 17.9 Å². The van der Waals surface area contributed by atoms with E-state index in [1.165, 1.54) is 11.8 Å². The summed E-state index contributed by atoms with van der Waals surface area (Å²) in [4.78, 5) is 34.0. The third-order valence-corrected chi connectivity index (χ3v) is 7.68. The van der Waals surface area contributed by atoms with Crippen LogP contribution in [0, 0.1) is 6.92 Å². The van der Waals surface area contributed by atoms with E-state index >= 15 is 0 Å². The molecule has 1 aromatic heterocycles. The minimum absolute atomic E-state index is 0.0239. The standard InChI is InChI=1S/C31H26BrN3O2S/c1-22-10-8-9-15-28(22)35-30(37)26-18-25(32)16-17-27(26)33-31(35)38-21-29(36)34(19-23-11-4-2-5-12-23)20-24-13-6-3-7-14-24/h2-18H,19-21H2,1H3. The van der Waals surface area contributed by atoms with Crippen LogP contribution in [0.1, 0.15) is 16.7 Å². The van der Waals surface area contributed by atoms with Crippen molar-refractivity contribution in [2.45, 2.75) is 25.2 Å². The molecule has 0 unspecified atom stereocenters. The van der Waals surface area contributed by atoms with Gasteiger partial charge in [0.1, 0.15) is 0 Å². The first-order chi connectivity index (χ1) is 18.5. The maximum absolute atomic E-state index is 13.7. The second-order valence-electron chi connectivity index (χ2n) is 8.99. The summed E-state index contributed by atoms with van der Waals surface area (Å²) in [5.41, 5.74) is 4.27. The highest BCUT2D eigenvalue weighted by Gasteiger charge is 2.19. The number of amides is 1. The largest absolute Gasteiger partial charge is 0.333 e. The Morgan fingerprint density at radius 3 is 2.11 bits per heavy atom. The number of aromatic nitrogens is 2. The van der Waals surface area contributed by atoms with Gasteiger partial charge in [-0.25, -0.2) is 4.98 Å². The van der Waals surface area contributed by atoms with Crippen LogP contribution in [0.5, 0.6) is 0 Å². The van der Waals surface area contributed by atoms with Crippen molar-refractivity contribution in [1.29, 1.82) is 0 Å². The fourth-order valence-electron chi connectivity index (χ4n) is 4.32. The maximum atomic E-state index is 13.7. The molecule has 0 atom stereocenters. The van der Waals surface area contributed by atoms with Crippen LogP contribution in [0.3, 0.4) is 0 Å². The van der Waals surface area contributed by atoms with Gasteiger partial charge < -0.3 is 4.90 Å². The average Bonchev–Trinajstić information content (AvgIpc) is 2.93. The fourth-order valence-corrected chi connectivity index (χ4v) is 5.59. The highest BCUT2D eigenvalue weighted by molar-refractivity contribution is 9.10. The van der Waals surface area contributed by atoms with E-state index in [0.29, 0.717) is 29.1 Å². The molecule has 38 heavy (non-hydrogen) atoms. The Balaban J connectivity index is 1.49. The lowest BCUT2D eigenvalue weighted by Crippen LogP contribution is -2.32. The first kappa shape index (κ1) is 25.9. The number of fused-ring (bicyclic) bond motifs is 1. The molecule has 7 heteroatoms. The minimum atomic E-state index is -0.161. The Labute approximate surface area is 234 Å². The van der Waals surface area contributed by atoms with Gasteiger partial charge in [0.05, 0.1) is 22.3 Å². The molecule has 5 rings (SSSR count). The summed E-state index contributed by atoms with van der Waals surface area (Å²) in [5.74, 6) is 0.129. The molecule has 0 aliphatic rings. The predicted octanol–water partition coefficient (Wildman–Crippen LogP) is 6.78. The second kappa shape index (κ2) is 11.8. The zero-order valence-corrected chi connectivity index (χ0v) is 23.3. The second-order valence-corrected chi connectivity index (χ2v) is 10.9. The number of carbonyl (C=O) groups is 1. The summed E-state index contributed by atoms with van der Waals surface area (Å²) < 4.78 is 2.44. The molecule has 0 saturated carbocycles. The van der Waals surface area contributed by atoms with Crippen LogP contribution in [0.25, 0.3) is 16.6 Å². The number of thioether (sulfide) groups is 1. The van der Waals surface area contributed by atoms with Crippen molar-refractivity contribution in [2.75, 3.05) is 5.75 Å². The molecule has 0 spiro atoms. The van der Waals surface area contributed by atoms with Crippen molar-refractivity contribution in [3.8, 4) is 5.69 Å². The number of aryl methyl sites for hydroxylation is 1. The van der Waals surface area contributed by atoms with Crippen LogP contribution in [0.2, 0.25) is 0 Å². The zero-order chi connectivity index (χ0) is 26.5. The number of para-hydroxylation sites is 1. The van der Waals surface area contributed by atoms with E-state index in [9.17, 15) is 9.59 Å². The predicted molar refractivity (Wildman–Crippen MR) is 158 cm³/mol. The lowest BCUT2D eigenvalue weighted by molar-refractivity contribution is -0.129. The topological polar surface area (TPSA) is 55.2 Å². The summed E-state index contributed by atoms with van der Waals surface area (Å²) in [6.07, 6.45) is 0. The van der Waals surface area contributed by atoms with Gasteiger partial charge >= 0.3 is 0 Å². The Morgan fingerprint density at radius 1 is 0.868 bits per heavy atom. The smallest absolute Gasteiger partial charge is 0.266 e. The molecule has 0 saturated heterocycles. The molecule has 5 aromatic rings. The van der Waals surface area contributed by atoms with Gasteiger partial charge in [-0.15, -0.1) is 0 Å². The number of benzene rings is 4. The van der Waals surface area contributed by atoms with Crippen molar-refractivity contribution >= 4 is 44.5 Å². The summed E-state index contributed by atoms with van der Waals surface area (Å²) in [6.45, 7) is 2.96. The zero-order valence-electron chi connectivity index (χ0n) is 20.9. The van der Waals surface area contributed by atoms with Crippen molar-refractivity contribution in [3.63, 3.8) is 0 Å². The number of carbonyl (C=O) groups excluding carboxylic acids is 1. The molecular weight excluding hydrogens is 558 g/mol. The van der Waals surface area contributed by atoms with Gasteiger partial charge in [-0.05, 0) is 47.9 Å². The molecule has 1 amide bonds. The number of halogens is 1. The molecular formula is C31H26BrN3O2S. The molecule has 190 valence electrons. The minimum Gasteiger partial charge on any atom is -0.333 e. The summed E-state index contributed by atoms with van der Waals surface area (Å²) >= 11 is 4.76. The first-order valence-electron chi connectivity index (χ1n) is 12.3. The molecule has 4 aromatic carbocycles. The Bertz CT molecular complexity index is 1600. The monoisotopic (exact) mass is 583 g/mol. The van der Waals surface area contributed by atoms with E-state index in [2.05, 4.69) is 15.9 Å². The Morgan fingerprint density at radius 2 is 1.47 bits per heavy atom. The van der Waals surface area contributed by atoms with Crippen LogP contribution in [-0.4, -0.2) is 26.1 Å². The molecule has 5 nitrogen and oxygen atoms in total. The van der Waals surface area contributed by atoms with Crippen molar-refractivity contribution in [2.24, 2.45) is 0 Å². The molecule has 0 radical (unpaired) electrons. The van der Waals surface area contributed by atoms with Gasteiger partial charge in [-0.1, -0.05) is 107 Å². The highest BCUT2D eigenvalue weighted by atomic mass is 79.9. The van der Waals surface area contributed by atoms with E-state index in [1.807, 2.05) is 109 Å². The van der Waals surface area contributed by atoms with E-state index < -0.39 is 0 Å². The van der Waals surface area contributed by atoms with E-state index in [-0.39, 0.29) is 17.2 Å². The Hall–Kier alpha value is -3.68. The van der Waals surface area contributed by atoms with Crippen molar-refractivity contribution < 1.29 is 4.79 Å². The quantitative estimate of drug-likeness (QED) is 0.149. The number of nitrogens with zero attached hydrogens (tertiary/aromatic N) is 3. The van der Waals surface area contributed by atoms with Crippen LogP contribution in [0.15, 0.2) is 118 Å². The third-order valence-electron chi connectivity index (χ3n) is 6.27. The van der Waals surface area contributed by atoms with Crippen molar-refractivity contribution in [3.05, 3.63) is 135 Å². The summed E-state index contributed by atoms with van der Waals surface area (Å²) in [5, 5.41) is 1.01. The molecule has 0 fully saturated rings.